The standard InChI is InChI=1S/C29H33FN6O3/c1-6-20-11-21(12-23(30)18(20)2)24-32-14-22(15-33-26(37)29(17-31)8-9-29)25(35-24)36-10-7-19(16-36)13-34-27(38)39-28(3,4)5/h1,11-12,14,19H,7-10,13,15-16H2,2-5H3,(H,33,37)(H,34,38). The lowest BCUT2D eigenvalue weighted by Gasteiger charge is -2.23. The minimum absolute atomic E-state index is 0.146. The largest absolute Gasteiger partial charge is 0.444 e. The number of nitriles is 1. The molecule has 204 valence electrons. The number of anilines is 1. The van der Waals surface area contributed by atoms with Crippen molar-refractivity contribution in [1.29, 1.82) is 5.26 Å². The first-order chi connectivity index (χ1) is 18.4. The number of hydrogen-bond donors (Lipinski definition) is 2. The van der Waals surface area contributed by atoms with Gasteiger partial charge in [0.2, 0.25) is 5.91 Å². The fourth-order valence-corrected chi connectivity index (χ4v) is 4.49. The minimum Gasteiger partial charge on any atom is -0.444 e. The highest BCUT2D eigenvalue weighted by Crippen LogP contribution is 2.45. The molecule has 1 saturated heterocycles. The van der Waals surface area contributed by atoms with Crippen LogP contribution in [0.25, 0.3) is 11.4 Å². The Hall–Kier alpha value is -4.18. The lowest BCUT2D eigenvalue weighted by molar-refractivity contribution is -0.124. The Morgan fingerprint density at radius 3 is 2.69 bits per heavy atom. The number of nitrogens with one attached hydrogen (secondary N) is 2. The van der Waals surface area contributed by atoms with Crippen LogP contribution in [0.15, 0.2) is 18.3 Å². The maximum atomic E-state index is 14.6. The average Bonchev–Trinajstić information content (AvgIpc) is 3.56. The number of alkyl carbamates (subject to hydrolysis) is 1. The predicted octanol–water partition coefficient (Wildman–Crippen LogP) is 3.84. The molecule has 1 aliphatic carbocycles. The molecule has 10 heteroatoms. The fourth-order valence-electron chi connectivity index (χ4n) is 4.49. The summed E-state index contributed by atoms with van der Waals surface area (Å²) in [5.74, 6) is 2.82. The van der Waals surface area contributed by atoms with Gasteiger partial charge in [0.25, 0.3) is 0 Å². The third-order valence-electron chi connectivity index (χ3n) is 6.96. The number of terminal acetylenes is 1. The van der Waals surface area contributed by atoms with Crippen molar-refractivity contribution >= 4 is 17.8 Å². The van der Waals surface area contributed by atoms with Crippen molar-refractivity contribution in [3.8, 4) is 29.8 Å². The molecule has 1 atom stereocenters. The summed E-state index contributed by atoms with van der Waals surface area (Å²) in [6.45, 7) is 8.91. The summed E-state index contributed by atoms with van der Waals surface area (Å²) in [5.41, 5.74) is 0.400. The predicted molar refractivity (Wildman–Crippen MR) is 144 cm³/mol. The van der Waals surface area contributed by atoms with E-state index in [0.29, 0.717) is 66.4 Å². The number of halogens is 1. The molecule has 2 aromatic rings. The minimum atomic E-state index is -0.946. The molecular formula is C29H33FN6O3. The van der Waals surface area contributed by atoms with Gasteiger partial charge in [-0.3, -0.25) is 4.79 Å². The van der Waals surface area contributed by atoms with Gasteiger partial charge in [0.05, 0.1) is 6.07 Å². The molecule has 0 bridgehead atoms. The highest BCUT2D eigenvalue weighted by molar-refractivity contribution is 5.88. The van der Waals surface area contributed by atoms with Gasteiger partial charge in [-0.05, 0) is 65.0 Å². The van der Waals surface area contributed by atoms with Crippen LogP contribution >= 0.6 is 0 Å². The van der Waals surface area contributed by atoms with Gasteiger partial charge >= 0.3 is 6.09 Å². The average molecular weight is 533 g/mol. The Bertz CT molecular complexity index is 1370. The van der Waals surface area contributed by atoms with Gasteiger partial charge in [0.1, 0.15) is 22.7 Å². The van der Waals surface area contributed by atoms with Crippen LogP contribution in [0.4, 0.5) is 15.0 Å². The van der Waals surface area contributed by atoms with Crippen LogP contribution < -0.4 is 15.5 Å². The highest BCUT2D eigenvalue weighted by atomic mass is 19.1. The summed E-state index contributed by atoms with van der Waals surface area (Å²) in [5, 5.41) is 15.0. The molecule has 4 rings (SSSR count). The van der Waals surface area contributed by atoms with Crippen molar-refractivity contribution < 1.29 is 18.7 Å². The van der Waals surface area contributed by atoms with Crippen molar-refractivity contribution in [2.24, 2.45) is 11.3 Å². The monoisotopic (exact) mass is 532 g/mol. The van der Waals surface area contributed by atoms with E-state index in [1.54, 1.807) is 19.2 Å². The van der Waals surface area contributed by atoms with E-state index in [0.717, 1.165) is 6.42 Å². The fraction of sp³-hybridized carbons (Fsp3) is 0.483. The van der Waals surface area contributed by atoms with Gasteiger partial charge in [0.15, 0.2) is 5.82 Å². The van der Waals surface area contributed by atoms with Gasteiger partial charge in [-0.1, -0.05) is 5.92 Å². The Morgan fingerprint density at radius 1 is 1.31 bits per heavy atom. The van der Waals surface area contributed by atoms with Crippen LogP contribution in [0.3, 0.4) is 0 Å². The molecule has 0 spiro atoms. The van der Waals surface area contributed by atoms with E-state index in [-0.39, 0.29) is 18.4 Å². The summed E-state index contributed by atoms with van der Waals surface area (Å²) in [6, 6.07) is 5.14. The molecule has 1 aromatic heterocycles. The van der Waals surface area contributed by atoms with Gasteiger partial charge in [-0.2, -0.15) is 5.26 Å². The number of amides is 2. The molecule has 2 amide bonds. The number of rotatable bonds is 7. The van der Waals surface area contributed by atoms with Crippen LogP contribution in [0.2, 0.25) is 0 Å². The van der Waals surface area contributed by atoms with Crippen molar-refractivity contribution in [1.82, 2.24) is 20.6 Å². The topological polar surface area (TPSA) is 120 Å². The summed E-state index contributed by atoms with van der Waals surface area (Å²) < 4.78 is 19.9. The number of hydrogen-bond acceptors (Lipinski definition) is 7. The second kappa shape index (κ2) is 10.9. The molecular weight excluding hydrogens is 499 g/mol. The number of carbonyl (C=O) groups is 2. The smallest absolute Gasteiger partial charge is 0.407 e. The summed E-state index contributed by atoms with van der Waals surface area (Å²) >= 11 is 0. The molecule has 2 fully saturated rings. The third-order valence-corrected chi connectivity index (χ3v) is 6.96. The first-order valence-electron chi connectivity index (χ1n) is 13.0. The second-order valence-corrected chi connectivity index (χ2v) is 11.2. The zero-order valence-corrected chi connectivity index (χ0v) is 22.7. The summed E-state index contributed by atoms with van der Waals surface area (Å²) in [4.78, 5) is 36.0. The zero-order chi connectivity index (χ0) is 28.4. The molecule has 1 aromatic carbocycles. The van der Waals surface area contributed by atoms with E-state index < -0.39 is 22.9 Å². The molecule has 9 nitrogen and oxygen atoms in total. The van der Waals surface area contributed by atoms with Crippen molar-refractivity contribution in [2.75, 3.05) is 24.5 Å². The van der Waals surface area contributed by atoms with E-state index in [1.165, 1.54) is 6.07 Å². The molecule has 2 aliphatic rings. The summed E-state index contributed by atoms with van der Waals surface area (Å²) in [6.07, 6.45) is 8.62. The van der Waals surface area contributed by atoms with Crippen molar-refractivity contribution in [3.05, 3.63) is 40.8 Å². The molecule has 2 heterocycles. The maximum Gasteiger partial charge on any atom is 0.407 e. The first-order valence-corrected chi connectivity index (χ1v) is 13.0. The maximum absolute atomic E-state index is 14.6. The number of nitrogens with zero attached hydrogens (tertiary/aromatic N) is 4. The second-order valence-electron chi connectivity index (χ2n) is 11.2. The van der Waals surface area contributed by atoms with E-state index in [4.69, 9.17) is 16.1 Å². The third kappa shape index (κ3) is 6.46. The quantitative estimate of drug-likeness (QED) is 0.520. The Balaban J connectivity index is 1.56. The van der Waals surface area contributed by atoms with Crippen molar-refractivity contribution in [2.45, 2.75) is 59.1 Å². The zero-order valence-electron chi connectivity index (χ0n) is 22.7. The SMILES string of the molecule is C#Cc1cc(-c2ncc(CNC(=O)C3(C#N)CC3)c(N3CCC(CNC(=O)OC(C)(C)C)C3)n2)cc(F)c1C. The van der Waals surface area contributed by atoms with Crippen LogP contribution in [-0.4, -0.2) is 47.2 Å². The van der Waals surface area contributed by atoms with E-state index in [1.807, 2.05) is 20.8 Å². The van der Waals surface area contributed by atoms with Gasteiger partial charge in [-0.25, -0.2) is 19.2 Å². The van der Waals surface area contributed by atoms with Gasteiger partial charge < -0.3 is 20.3 Å². The number of carbonyl (C=O) groups excluding carboxylic acids is 2. The Morgan fingerprint density at radius 2 is 2.05 bits per heavy atom. The summed E-state index contributed by atoms with van der Waals surface area (Å²) in [7, 11) is 0. The van der Waals surface area contributed by atoms with E-state index in [2.05, 4.69) is 32.5 Å². The molecule has 1 saturated carbocycles. The van der Waals surface area contributed by atoms with Gasteiger partial charge in [0, 0.05) is 54.6 Å². The Labute approximate surface area is 228 Å². The molecule has 1 aliphatic heterocycles. The first kappa shape index (κ1) is 27.8. The molecule has 39 heavy (non-hydrogen) atoms. The van der Waals surface area contributed by atoms with Crippen LogP contribution in [-0.2, 0) is 16.1 Å². The van der Waals surface area contributed by atoms with E-state index in [9.17, 15) is 19.2 Å². The number of ether oxygens (including phenoxy) is 1. The molecule has 2 N–H and O–H groups in total. The lowest BCUT2D eigenvalue weighted by atomic mass is 10.0. The van der Waals surface area contributed by atoms with Crippen LogP contribution in [0.5, 0.6) is 0 Å². The molecule has 1 unspecified atom stereocenters. The molecule has 0 radical (unpaired) electrons. The normalized spacial score (nSPS) is 17.6. The van der Waals surface area contributed by atoms with Crippen LogP contribution in [0.1, 0.15) is 56.7 Å². The number of aromatic nitrogens is 2. The van der Waals surface area contributed by atoms with Crippen molar-refractivity contribution in [3.63, 3.8) is 0 Å². The van der Waals surface area contributed by atoms with E-state index >= 15 is 0 Å². The lowest BCUT2D eigenvalue weighted by Crippen LogP contribution is -2.36. The number of benzene rings is 1. The van der Waals surface area contributed by atoms with Gasteiger partial charge in [-0.15, -0.1) is 6.42 Å². The highest BCUT2D eigenvalue weighted by Gasteiger charge is 2.50. The van der Waals surface area contributed by atoms with Crippen LogP contribution in [0, 0.1) is 47.7 Å². The Kier molecular flexibility index (Phi) is 7.78.